The summed E-state index contributed by atoms with van der Waals surface area (Å²) in [5, 5.41) is 3.69. The Morgan fingerprint density at radius 2 is 2.10 bits per heavy atom. The number of halogens is 2. The van der Waals surface area contributed by atoms with Crippen LogP contribution in [0.1, 0.15) is 22.6 Å². The van der Waals surface area contributed by atoms with Gasteiger partial charge in [-0.1, -0.05) is 35.9 Å². The summed E-state index contributed by atoms with van der Waals surface area (Å²) in [6, 6.07) is 12.1. The molecule has 0 radical (unpaired) electrons. The Hall–Kier alpha value is -1.71. The second-order valence-electron chi connectivity index (χ2n) is 5.26. The highest BCUT2D eigenvalue weighted by molar-refractivity contribution is 6.31. The number of carbonyl (C=O) groups is 1. The van der Waals surface area contributed by atoms with Gasteiger partial charge in [0.25, 0.3) is 0 Å². The van der Waals surface area contributed by atoms with E-state index in [2.05, 4.69) is 5.32 Å². The first-order chi connectivity index (χ1) is 10.1. The van der Waals surface area contributed by atoms with Crippen LogP contribution in [-0.4, -0.2) is 12.3 Å². The van der Waals surface area contributed by atoms with Crippen molar-refractivity contribution < 1.29 is 9.18 Å². The number of carbonyl (C=O) groups excluding carboxylic acids is 1. The lowest BCUT2D eigenvalue weighted by molar-refractivity contribution is -0.119. The maximum atomic E-state index is 13.3. The van der Waals surface area contributed by atoms with Crippen LogP contribution in [0.25, 0.3) is 0 Å². The molecule has 21 heavy (non-hydrogen) atoms. The monoisotopic (exact) mass is 303 g/mol. The highest BCUT2D eigenvalue weighted by atomic mass is 35.5. The standard InChI is InChI=1S/C17H15ClFNO/c18-16-6-5-13(19)7-12(16)8-17(21)15-10-20-9-11-3-1-2-4-14(11)15/h1-7,15,20H,8-10H2. The van der Waals surface area contributed by atoms with E-state index in [9.17, 15) is 9.18 Å². The molecule has 3 rings (SSSR count). The molecule has 0 saturated heterocycles. The van der Waals surface area contributed by atoms with Gasteiger partial charge in [0.2, 0.25) is 0 Å². The van der Waals surface area contributed by atoms with Crippen molar-refractivity contribution >= 4 is 17.4 Å². The minimum atomic E-state index is -0.371. The Morgan fingerprint density at radius 1 is 1.29 bits per heavy atom. The molecule has 1 aliphatic rings. The molecule has 0 aliphatic carbocycles. The first kappa shape index (κ1) is 14.2. The average molecular weight is 304 g/mol. The molecule has 0 saturated carbocycles. The Labute approximate surface area is 127 Å². The van der Waals surface area contributed by atoms with Crippen molar-refractivity contribution in [2.75, 3.05) is 6.54 Å². The third kappa shape index (κ3) is 2.99. The van der Waals surface area contributed by atoms with Gasteiger partial charge in [-0.3, -0.25) is 4.79 Å². The summed E-state index contributed by atoms with van der Waals surface area (Å²) < 4.78 is 13.3. The molecule has 0 fully saturated rings. The first-order valence-electron chi connectivity index (χ1n) is 6.90. The molecule has 0 amide bonds. The van der Waals surface area contributed by atoms with Crippen LogP contribution in [0, 0.1) is 5.82 Å². The number of hydrogen-bond donors (Lipinski definition) is 1. The third-order valence-electron chi connectivity index (χ3n) is 3.86. The molecule has 0 aromatic heterocycles. The third-order valence-corrected chi connectivity index (χ3v) is 4.22. The molecule has 4 heteroatoms. The largest absolute Gasteiger partial charge is 0.312 e. The lowest BCUT2D eigenvalue weighted by Crippen LogP contribution is -2.33. The maximum absolute atomic E-state index is 13.3. The van der Waals surface area contributed by atoms with E-state index in [0.717, 1.165) is 17.7 Å². The highest BCUT2D eigenvalue weighted by Crippen LogP contribution is 2.27. The van der Waals surface area contributed by atoms with Crippen LogP contribution in [0.3, 0.4) is 0 Å². The molecule has 1 aliphatic heterocycles. The van der Waals surface area contributed by atoms with E-state index in [1.165, 1.54) is 18.2 Å². The predicted molar refractivity (Wildman–Crippen MR) is 81.0 cm³/mol. The van der Waals surface area contributed by atoms with E-state index < -0.39 is 0 Å². The minimum absolute atomic E-state index is 0.0575. The van der Waals surface area contributed by atoms with Gasteiger partial charge in [-0.05, 0) is 34.9 Å². The minimum Gasteiger partial charge on any atom is -0.312 e. The summed E-state index contributed by atoms with van der Waals surface area (Å²) in [5.41, 5.74) is 2.76. The second-order valence-corrected chi connectivity index (χ2v) is 5.67. The highest BCUT2D eigenvalue weighted by Gasteiger charge is 2.26. The fourth-order valence-electron chi connectivity index (χ4n) is 2.77. The number of hydrogen-bond acceptors (Lipinski definition) is 2. The Balaban J connectivity index is 1.85. The van der Waals surface area contributed by atoms with Crippen LogP contribution < -0.4 is 5.32 Å². The second kappa shape index (κ2) is 5.96. The van der Waals surface area contributed by atoms with Gasteiger partial charge in [0, 0.05) is 24.5 Å². The fourth-order valence-corrected chi connectivity index (χ4v) is 2.96. The van der Waals surface area contributed by atoms with Crippen LogP contribution >= 0.6 is 11.6 Å². The number of benzene rings is 2. The van der Waals surface area contributed by atoms with Crippen molar-refractivity contribution in [2.24, 2.45) is 0 Å². The number of nitrogens with one attached hydrogen (secondary N) is 1. The molecule has 1 N–H and O–H groups in total. The van der Waals surface area contributed by atoms with Crippen molar-refractivity contribution in [1.82, 2.24) is 5.32 Å². The van der Waals surface area contributed by atoms with Crippen molar-refractivity contribution in [3.05, 3.63) is 70.0 Å². The fraction of sp³-hybridized carbons (Fsp3) is 0.235. The number of ketones is 1. The zero-order valence-electron chi connectivity index (χ0n) is 11.4. The van der Waals surface area contributed by atoms with Gasteiger partial charge in [0.15, 0.2) is 0 Å². The first-order valence-corrected chi connectivity index (χ1v) is 7.28. The van der Waals surface area contributed by atoms with Crippen LogP contribution in [0.4, 0.5) is 4.39 Å². The van der Waals surface area contributed by atoms with Crippen LogP contribution in [0.2, 0.25) is 5.02 Å². The van der Waals surface area contributed by atoms with E-state index in [0.29, 0.717) is 17.1 Å². The van der Waals surface area contributed by atoms with Gasteiger partial charge in [0.05, 0.1) is 5.92 Å². The summed E-state index contributed by atoms with van der Waals surface area (Å²) in [6.07, 6.45) is 0.150. The zero-order valence-corrected chi connectivity index (χ0v) is 12.2. The SMILES string of the molecule is O=C(Cc1cc(F)ccc1Cl)C1CNCc2ccccc21. The van der Waals surface area contributed by atoms with Crippen LogP contribution in [0.5, 0.6) is 0 Å². The molecule has 1 heterocycles. The lowest BCUT2D eigenvalue weighted by atomic mass is 9.85. The lowest BCUT2D eigenvalue weighted by Gasteiger charge is -2.25. The molecule has 0 spiro atoms. The van der Waals surface area contributed by atoms with Gasteiger partial charge >= 0.3 is 0 Å². The van der Waals surface area contributed by atoms with E-state index >= 15 is 0 Å². The van der Waals surface area contributed by atoms with Gasteiger partial charge in [-0.25, -0.2) is 4.39 Å². The molecule has 0 bridgehead atoms. The number of rotatable bonds is 3. The van der Waals surface area contributed by atoms with E-state index in [1.807, 2.05) is 24.3 Å². The molecule has 1 atom stereocenters. The zero-order chi connectivity index (χ0) is 14.8. The topological polar surface area (TPSA) is 29.1 Å². The summed E-state index contributed by atoms with van der Waals surface area (Å²) in [6.45, 7) is 1.39. The van der Waals surface area contributed by atoms with Crippen molar-refractivity contribution in [1.29, 1.82) is 0 Å². The predicted octanol–water partition coefficient (Wildman–Crippen LogP) is 3.48. The smallest absolute Gasteiger partial charge is 0.146 e. The van der Waals surface area contributed by atoms with E-state index in [1.54, 1.807) is 0 Å². The van der Waals surface area contributed by atoms with Gasteiger partial charge in [0.1, 0.15) is 11.6 Å². The summed E-state index contributed by atoms with van der Waals surface area (Å²) in [4.78, 5) is 12.6. The Morgan fingerprint density at radius 3 is 2.95 bits per heavy atom. The Bertz CT molecular complexity index is 686. The molecule has 2 aromatic carbocycles. The molecule has 108 valence electrons. The van der Waals surface area contributed by atoms with Gasteiger partial charge < -0.3 is 5.32 Å². The average Bonchev–Trinajstić information content (AvgIpc) is 2.50. The van der Waals surface area contributed by atoms with Gasteiger partial charge in [-0.2, -0.15) is 0 Å². The summed E-state index contributed by atoms with van der Waals surface area (Å²) >= 11 is 6.04. The molecular weight excluding hydrogens is 289 g/mol. The molecular formula is C17H15ClFNO. The molecule has 2 aromatic rings. The van der Waals surface area contributed by atoms with Crippen LogP contribution in [0.15, 0.2) is 42.5 Å². The molecule has 2 nitrogen and oxygen atoms in total. The molecule has 1 unspecified atom stereocenters. The van der Waals surface area contributed by atoms with Crippen molar-refractivity contribution in [2.45, 2.75) is 18.9 Å². The Kier molecular flexibility index (Phi) is 4.04. The van der Waals surface area contributed by atoms with Crippen molar-refractivity contribution in [3.8, 4) is 0 Å². The van der Waals surface area contributed by atoms with Crippen LogP contribution in [-0.2, 0) is 17.8 Å². The quantitative estimate of drug-likeness (QED) is 0.940. The van der Waals surface area contributed by atoms with Crippen molar-refractivity contribution in [3.63, 3.8) is 0 Å². The normalized spacial score (nSPS) is 17.3. The number of Topliss-reactive ketones (excluding diaryl/α,β-unsaturated/α-hetero) is 1. The van der Waals surface area contributed by atoms with E-state index in [4.69, 9.17) is 11.6 Å². The number of fused-ring (bicyclic) bond motifs is 1. The summed E-state index contributed by atoms with van der Waals surface area (Å²) in [5.74, 6) is -0.513. The van der Waals surface area contributed by atoms with Gasteiger partial charge in [-0.15, -0.1) is 0 Å². The van der Waals surface area contributed by atoms with E-state index in [-0.39, 0.29) is 23.9 Å². The maximum Gasteiger partial charge on any atom is 0.146 e. The summed E-state index contributed by atoms with van der Waals surface area (Å²) in [7, 11) is 0.